The molecule has 1 aliphatic heterocycles. The highest BCUT2D eigenvalue weighted by atomic mass is 15.2. The summed E-state index contributed by atoms with van der Waals surface area (Å²) in [6.07, 6.45) is 12.7. The molecule has 1 heterocycles. The fourth-order valence-electron chi connectivity index (χ4n) is 3.88. The van der Waals surface area contributed by atoms with E-state index in [1.54, 1.807) is 0 Å². The van der Waals surface area contributed by atoms with Gasteiger partial charge in [-0.2, -0.15) is 0 Å². The Labute approximate surface area is 114 Å². The molecule has 0 radical (unpaired) electrons. The fourth-order valence-corrected chi connectivity index (χ4v) is 3.88. The van der Waals surface area contributed by atoms with Gasteiger partial charge in [-0.3, -0.25) is 4.90 Å². The summed E-state index contributed by atoms with van der Waals surface area (Å²) in [4.78, 5) is 2.82. The zero-order valence-corrected chi connectivity index (χ0v) is 12.5. The lowest BCUT2D eigenvalue weighted by Gasteiger charge is -2.39. The second-order valence-corrected chi connectivity index (χ2v) is 6.35. The molecule has 2 fully saturated rings. The van der Waals surface area contributed by atoms with Crippen LogP contribution in [-0.2, 0) is 0 Å². The van der Waals surface area contributed by atoms with Crippen molar-refractivity contribution in [3.05, 3.63) is 0 Å². The van der Waals surface area contributed by atoms with Gasteiger partial charge in [-0.1, -0.05) is 32.6 Å². The number of hydrogen-bond donors (Lipinski definition) is 1. The third kappa shape index (κ3) is 3.71. The fraction of sp³-hybridized carbons (Fsp3) is 1.00. The minimum Gasteiger partial charge on any atom is -0.312 e. The van der Waals surface area contributed by atoms with Crippen LogP contribution in [0.3, 0.4) is 0 Å². The van der Waals surface area contributed by atoms with E-state index < -0.39 is 0 Å². The maximum Gasteiger partial charge on any atom is 0.0252 e. The first-order valence-corrected chi connectivity index (χ1v) is 8.32. The molecule has 0 aromatic heterocycles. The van der Waals surface area contributed by atoms with E-state index in [9.17, 15) is 0 Å². The van der Waals surface area contributed by atoms with Crippen LogP contribution in [0.1, 0.15) is 71.6 Å². The smallest absolute Gasteiger partial charge is 0.0252 e. The van der Waals surface area contributed by atoms with E-state index >= 15 is 0 Å². The van der Waals surface area contributed by atoms with E-state index in [1.165, 1.54) is 70.9 Å². The van der Waals surface area contributed by atoms with Crippen molar-refractivity contribution in [3.8, 4) is 0 Å². The van der Waals surface area contributed by atoms with E-state index in [1.807, 2.05) is 0 Å². The van der Waals surface area contributed by atoms with E-state index in [0.717, 1.165) is 18.1 Å². The molecule has 1 saturated heterocycles. The Balaban J connectivity index is 1.98. The van der Waals surface area contributed by atoms with Crippen LogP contribution in [0.15, 0.2) is 0 Å². The van der Waals surface area contributed by atoms with E-state index in [4.69, 9.17) is 0 Å². The molecule has 2 rings (SSSR count). The molecular weight excluding hydrogens is 220 g/mol. The van der Waals surface area contributed by atoms with Crippen molar-refractivity contribution in [1.82, 2.24) is 10.2 Å². The van der Waals surface area contributed by atoms with Gasteiger partial charge in [0.25, 0.3) is 0 Å². The topological polar surface area (TPSA) is 15.3 Å². The zero-order chi connectivity index (χ0) is 12.8. The van der Waals surface area contributed by atoms with Crippen LogP contribution in [-0.4, -0.2) is 36.1 Å². The van der Waals surface area contributed by atoms with Gasteiger partial charge in [0.05, 0.1) is 0 Å². The quantitative estimate of drug-likeness (QED) is 0.823. The van der Waals surface area contributed by atoms with Crippen molar-refractivity contribution in [2.75, 3.05) is 13.1 Å². The van der Waals surface area contributed by atoms with Crippen LogP contribution < -0.4 is 5.32 Å². The van der Waals surface area contributed by atoms with Crippen LogP contribution in [0.25, 0.3) is 0 Å². The number of hydrogen-bond acceptors (Lipinski definition) is 2. The van der Waals surface area contributed by atoms with Crippen LogP contribution >= 0.6 is 0 Å². The molecule has 3 unspecified atom stereocenters. The highest BCUT2D eigenvalue weighted by Gasteiger charge is 2.32. The van der Waals surface area contributed by atoms with Crippen molar-refractivity contribution in [3.63, 3.8) is 0 Å². The summed E-state index contributed by atoms with van der Waals surface area (Å²) in [7, 11) is 0. The summed E-state index contributed by atoms with van der Waals surface area (Å²) < 4.78 is 0. The summed E-state index contributed by atoms with van der Waals surface area (Å²) in [5, 5.41) is 3.84. The number of rotatable bonds is 4. The molecule has 1 saturated carbocycles. The highest BCUT2D eigenvalue weighted by molar-refractivity contribution is 4.90. The molecule has 0 aromatic carbocycles. The minimum absolute atomic E-state index is 0.755. The Bertz CT molecular complexity index is 227. The first kappa shape index (κ1) is 14.3. The van der Waals surface area contributed by atoms with Crippen LogP contribution in [0, 0.1) is 0 Å². The minimum atomic E-state index is 0.755. The molecule has 1 N–H and O–H groups in total. The third-order valence-electron chi connectivity index (χ3n) is 4.92. The third-order valence-corrected chi connectivity index (χ3v) is 4.92. The predicted molar refractivity (Wildman–Crippen MR) is 79.0 cm³/mol. The summed E-state index contributed by atoms with van der Waals surface area (Å²) >= 11 is 0. The van der Waals surface area contributed by atoms with Gasteiger partial charge in [-0.25, -0.2) is 0 Å². The lowest BCUT2D eigenvalue weighted by atomic mass is 9.90. The molecule has 0 bridgehead atoms. The Morgan fingerprint density at radius 2 is 1.78 bits per heavy atom. The number of nitrogens with one attached hydrogen (secondary N) is 1. The molecule has 2 heteroatoms. The second-order valence-electron chi connectivity index (χ2n) is 6.35. The SMILES string of the molecule is CCCNC1CCCCCCC1N1CCCC1C. The zero-order valence-electron chi connectivity index (χ0n) is 12.5. The van der Waals surface area contributed by atoms with Crippen molar-refractivity contribution < 1.29 is 0 Å². The molecule has 1 aliphatic carbocycles. The molecule has 106 valence electrons. The lowest BCUT2D eigenvalue weighted by Crippen LogP contribution is -2.51. The summed E-state index contributed by atoms with van der Waals surface area (Å²) in [5.41, 5.74) is 0. The molecule has 2 aliphatic rings. The predicted octanol–water partition coefficient (Wildman–Crippen LogP) is 3.56. The second kappa shape index (κ2) is 7.49. The molecule has 0 amide bonds. The monoisotopic (exact) mass is 252 g/mol. The molecule has 0 aromatic rings. The molecule has 18 heavy (non-hydrogen) atoms. The lowest BCUT2D eigenvalue weighted by molar-refractivity contribution is 0.127. The van der Waals surface area contributed by atoms with Crippen molar-refractivity contribution in [2.24, 2.45) is 0 Å². The van der Waals surface area contributed by atoms with Crippen molar-refractivity contribution in [1.29, 1.82) is 0 Å². The van der Waals surface area contributed by atoms with Crippen LogP contribution in [0.5, 0.6) is 0 Å². The Hall–Kier alpha value is -0.0800. The molecule has 0 spiro atoms. The van der Waals surface area contributed by atoms with Crippen molar-refractivity contribution >= 4 is 0 Å². The number of likely N-dealkylation sites (tertiary alicyclic amines) is 1. The van der Waals surface area contributed by atoms with Gasteiger partial charge in [0.2, 0.25) is 0 Å². The Kier molecular flexibility index (Phi) is 5.97. The average Bonchev–Trinajstić information content (AvgIpc) is 2.75. The van der Waals surface area contributed by atoms with Gasteiger partial charge in [-0.05, 0) is 52.1 Å². The normalized spacial score (nSPS) is 35.3. The Morgan fingerprint density at radius 1 is 1.00 bits per heavy atom. The van der Waals surface area contributed by atoms with Crippen LogP contribution in [0.2, 0.25) is 0 Å². The maximum atomic E-state index is 3.84. The summed E-state index contributed by atoms with van der Waals surface area (Å²) in [6, 6.07) is 2.39. The van der Waals surface area contributed by atoms with Gasteiger partial charge < -0.3 is 5.32 Å². The van der Waals surface area contributed by atoms with Gasteiger partial charge in [0.15, 0.2) is 0 Å². The highest BCUT2D eigenvalue weighted by Crippen LogP contribution is 2.28. The van der Waals surface area contributed by atoms with Crippen molar-refractivity contribution in [2.45, 2.75) is 89.8 Å². The van der Waals surface area contributed by atoms with E-state index in [2.05, 4.69) is 24.1 Å². The maximum absolute atomic E-state index is 3.84. The average molecular weight is 252 g/mol. The Morgan fingerprint density at radius 3 is 2.44 bits per heavy atom. The van der Waals surface area contributed by atoms with Gasteiger partial charge >= 0.3 is 0 Å². The number of nitrogens with zero attached hydrogens (tertiary/aromatic N) is 1. The first-order chi connectivity index (χ1) is 8.83. The summed E-state index contributed by atoms with van der Waals surface area (Å²) in [5.74, 6) is 0. The van der Waals surface area contributed by atoms with E-state index in [-0.39, 0.29) is 0 Å². The van der Waals surface area contributed by atoms with Gasteiger partial charge in [-0.15, -0.1) is 0 Å². The first-order valence-electron chi connectivity index (χ1n) is 8.32. The standard InChI is InChI=1S/C16H32N2/c1-3-12-17-15-10-6-4-5-7-11-16(15)18-13-8-9-14(18)2/h14-17H,3-13H2,1-2H3. The summed E-state index contributed by atoms with van der Waals surface area (Å²) in [6.45, 7) is 7.26. The van der Waals surface area contributed by atoms with Gasteiger partial charge in [0, 0.05) is 18.1 Å². The van der Waals surface area contributed by atoms with Crippen LogP contribution in [0.4, 0.5) is 0 Å². The molecule has 3 atom stereocenters. The largest absolute Gasteiger partial charge is 0.312 e. The molecular formula is C16H32N2. The van der Waals surface area contributed by atoms with Gasteiger partial charge in [0.1, 0.15) is 0 Å². The molecule has 2 nitrogen and oxygen atoms in total. The van der Waals surface area contributed by atoms with E-state index in [0.29, 0.717) is 0 Å².